The highest BCUT2D eigenvalue weighted by Gasteiger charge is 2.28. The van der Waals surface area contributed by atoms with Gasteiger partial charge in [-0.3, -0.25) is 4.31 Å². The molecule has 0 saturated carbocycles. The minimum atomic E-state index is -4.18. The molecule has 0 saturated heterocycles. The highest BCUT2D eigenvalue weighted by Crippen LogP contribution is 2.28. The van der Waals surface area contributed by atoms with E-state index >= 15 is 0 Å². The normalized spacial score (nSPS) is 11.3. The fourth-order valence-corrected chi connectivity index (χ4v) is 4.15. The predicted molar refractivity (Wildman–Crippen MR) is 97.3 cm³/mol. The van der Waals surface area contributed by atoms with Crippen LogP contribution < -0.4 is 4.31 Å². The van der Waals surface area contributed by atoms with Gasteiger partial charge in [-0.15, -0.1) is 0 Å². The van der Waals surface area contributed by atoms with Crippen LogP contribution in [0, 0.1) is 18.6 Å². The van der Waals surface area contributed by atoms with E-state index in [9.17, 15) is 17.2 Å². The second-order valence-corrected chi connectivity index (χ2v) is 7.68. The molecule has 0 aromatic heterocycles. The number of aryl methyl sites for hydroxylation is 1. The summed E-state index contributed by atoms with van der Waals surface area (Å²) in [5.41, 5.74) is 1.94. The Kier molecular flexibility index (Phi) is 5.04. The molecule has 0 aliphatic heterocycles. The van der Waals surface area contributed by atoms with Crippen LogP contribution in [0.1, 0.15) is 11.1 Å². The van der Waals surface area contributed by atoms with Gasteiger partial charge in [0.25, 0.3) is 10.0 Å². The summed E-state index contributed by atoms with van der Waals surface area (Å²) in [4.78, 5) is -0.419. The summed E-state index contributed by atoms with van der Waals surface area (Å²) in [6, 6.07) is 17.6. The number of hydrogen-bond acceptors (Lipinski definition) is 2. The minimum absolute atomic E-state index is 0.00890. The Balaban J connectivity index is 2.13. The molecule has 26 heavy (non-hydrogen) atoms. The van der Waals surface area contributed by atoms with E-state index in [-0.39, 0.29) is 12.2 Å². The van der Waals surface area contributed by atoms with Crippen LogP contribution in [0.3, 0.4) is 0 Å². The van der Waals surface area contributed by atoms with Crippen LogP contribution in [-0.4, -0.2) is 8.42 Å². The van der Waals surface area contributed by atoms with Gasteiger partial charge < -0.3 is 0 Å². The molecule has 0 fully saturated rings. The van der Waals surface area contributed by atoms with Crippen molar-refractivity contribution >= 4 is 15.7 Å². The fourth-order valence-electron chi connectivity index (χ4n) is 2.64. The Hall–Kier alpha value is -2.73. The van der Waals surface area contributed by atoms with E-state index in [0.29, 0.717) is 0 Å². The summed E-state index contributed by atoms with van der Waals surface area (Å²) in [5, 5.41) is 0. The van der Waals surface area contributed by atoms with Crippen LogP contribution in [0.2, 0.25) is 0 Å². The fraction of sp³-hybridized carbons (Fsp3) is 0.100. The molecule has 6 heteroatoms. The summed E-state index contributed by atoms with van der Waals surface area (Å²) in [5.74, 6) is -1.31. The first kappa shape index (κ1) is 18.1. The van der Waals surface area contributed by atoms with Crippen molar-refractivity contribution in [2.45, 2.75) is 18.4 Å². The summed E-state index contributed by atoms with van der Waals surface area (Å²) in [6.07, 6.45) is 0. The zero-order valence-corrected chi connectivity index (χ0v) is 14.9. The largest absolute Gasteiger partial charge is 0.267 e. The molecule has 0 bridgehead atoms. The molecular weight excluding hydrogens is 356 g/mol. The molecule has 0 aliphatic carbocycles. The number of rotatable bonds is 5. The average Bonchev–Trinajstić information content (AvgIpc) is 2.62. The number of halogens is 2. The van der Waals surface area contributed by atoms with Gasteiger partial charge in [-0.2, -0.15) is 0 Å². The lowest BCUT2D eigenvalue weighted by atomic mass is 10.1. The highest BCUT2D eigenvalue weighted by molar-refractivity contribution is 7.92. The summed E-state index contributed by atoms with van der Waals surface area (Å²) in [6.45, 7) is 1.88. The van der Waals surface area contributed by atoms with E-state index in [4.69, 9.17) is 0 Å². The third-order valence-electron chi connectivity index (χ3n) is 4.09. The molecule has 0 unspecified atom stereocenters. The lowest BCUT2D eigenvalue weighted by molar-refractivity contribution is 0.563. The van der Waals surface area contributed by atoms with Crippen molar-refractivity contribution in [2.24, 2.45) is 0 Å². The molecule has 0 amide bonds. The van der Waals surface area contributed by atoms with Crippen LogP contribution in [0.15, 0.2) is 77.7 Å². The van der Waals surface area contributed by atoms with Gasteiger partial charge in [0.05, 0.1) is 12.2 Å². The van der Waals surface area contributed by atoms with Gasteiger partial charge in [0, 0.05) is 0 Å². The Morgan fingerprint density at radius 2 is 1.46 bits per heavy atom. The van der Waals surface area contributed by atoms with E-state index in [1.165, 1.54) is 42.5 Å². The second kappa shape index (κ2) is 7.25. The summed E-state index contributed by atoms with van der Waals surface area (Å²) < 4.78 is 54.9. The maximum Gasteiger partial charge on any atom is 0.267 e. The van der Waals surface area contributed by atoms with Crippen LogP contribution in [0.4, 0.5) is 14.5 Å². The zero-order chi connectivity index (χ0) is 18.7. The van der Waals surface area contributed by atoms with Crippen molar-refractivity contribution < 1.29 is 17.2 Å². The molecule has 0 N–H and O–H groups in total. The Labute approximate surface area is 151 Å². The van der Waals surface area contributed by atoms with Gasteiger partial charge in [-0.25, -0.2) is 17.2 Å². The second-order valence-electron chi connectivity index (χ2n) is 5.85. The SMILES string of the molecule is Cc1ccccc1CN(c1ccc(F)cc1)S(=O)(=O)c1ccccc1F. The Bertz CT molecular complexity index is 1020. The van der Waals surface area contributed by atoms with Gasteiger partial charge in [0.2, 0.25) is 0 Å². The molecule has 3 rings (SSSR count). The molecule has 3 aromatic carbocycles. The third kappa shape index (κ3) is 3.60. The number of anilines is 1. The maximum atomic E-state index is 14.2. The van der Waals surface area contributed by atoms with Crippen molar-refractivity contribution in [2.75, 3.05) is 4.31 Å². The van der Waals surface area contributed by atoms with E-state index in [2.05, 4.69) is 0 Å². The maximum absolute atomic E-state index is 14.2. The molecule has 134 valence electrons. The molecule has 0 atom stereocenters. The number of sulfonamides is 1. The monoisotopic (exact) mass is 373 g/mol. The third-order valence-corrected chi connectivity index (χ3v) is 5.90. The molecule has 3 nitrogen and oxygen atoms in total. The molecular formula is C20H17F2NO2S. The van der Waals surface area contributed by atoms with Crippen molar-refractivity contribution in [1.82, 2.24) is 0 Å². The number of hydrogen-bond donors (Lipinski definition) is 0. The van der Waals surface area contributed by atoms with E-state index < -0.39 is 26.6 Å². The number of nitrogens with zero attached hydrogens (tertiary/aromatic N) is 1. The van der Waals surface area contributed by atoms with Crippen LogP contribution in [0.5, 0.6) is 0 Å². The highest BCUT2D eigenvalue weighted by atomic mass is 32.2. The quantitative estimate of drug-likeness (QED) is 0.652. The van der Waals surface area contributed by atoms with Crippen molar-refractivity contribution in [3.63, 3.8) is 0 Å². The first-order valence-corrected chi connectivity index (χ1v) is 9.41. The number of benzene rings is 3. The first-order valence-electron chi connectivity index (χ1n) is 7.97. The van der Waals surface area contributed by atoms with Crippen molar-refractivity contribution in [3.05, 3.63) is 95.6 Å². The van der Waals surface area contributed by atoms with Crippen molar-refractivity contribution in [3.8, 4) is 0 Å². The molecule has 3 aromatic rings. The van der Waals surface area contributed by atoms with Crippen molar-refractivity contribution in [1.29, 1.82) is 0 Å². The van der Waals surface area contributed by atoms with Gasteiger partial charge in [-0.1, -0.05) is 36.4 Å². The topological polar surface area (TPSA) is 37.4 Å². The van der Waals surface area contributed by atoms with Crippen LogP contribution in [-0.2, 0) is 16.6 Å². The first-order chi connectivity index (χ1) is 12.4. The summed E-state index contributed by atoms with van der Waals surface area (Å²) in [7, 11) is -4.18. The van der Waals surface area contributed by atoms with Crippen LogP contribution >= 0.6 is 0 Å². The minimum Gasteiger partial charge on any atom is -0.262 e. The molecule has 0 spiro atoms. The smallest absolute Gasteiger partial charge is 0.262 e. The summed E-state index contributed by atoms with van der Waals surface area (Å²) >= 11 is 0. The predicted octanol–water partition coefficient (Wildman–Crippen LogP) is 4.67. The average molecular weight is 373 g/mol. The van der Waals surface area contributed by atoms with Gasteiger partial charge >= 0.3 is 0 Å². The standard InChI is InChI=1S/C20H17F2NO2S/c1-15-6-2-3-7-16(15)14-23(18-12-10-17(21)11-13-18)26(24,25)20-9-5-4-8-19(20)22/h2-13H,14H2,1H3. The molecule has 0 radical (unpaired) electrons. The lowest BCUT2D eigenvalue weighted by Crippen LogP contribution is -2.31. The van der Waals surface area contributed by atoms with Gasteiger partial charge in [-0.05, 0) is 54.4 Å². The van der Waals surface area contributed by atoms with Crippen LogP contribution in [0.25, 0.3) is 0 Å². The molecule has 0 heterocycles. The van der Waals surface area contributed by atoms with E-state index in [0.717, 1.165) is 21.5 Å². The van der Waals surface area contributed by atoms with E-state index in [1.54, 1.807) is 6.07 Å². The van der Waals surface area contributed by atoms with Gasteiger partial charge in [0.1, 0.15) is 16.5 Å². The van der Waals surface area contributed by atoms with Gasteiger partial charge in [0.15, 0.2) is 0 Å². The molecule has 0 aliphatic rings. The zero-order valence-electron chi connectivity index (χ0n) is 14.1. The Morgan fingerprint density at radius 1 is 0.846 bits per heavy atom. The lowest BCUT2D eigenvalue weighted by Gasteiger charge is -2.25. The van der Waals surface area contributed by atoms with E-state index in [1.807, 2.05) is 25.1 Å². The Morgan fingerprint density at radius 3 is 2.12 bits per heavy atom.